The number of nitrogens with one attached hydrogen (secondary N) is 2. The van der Waals surface area contributed by atoms with Crippen LogP contribution in [-0.4, -0.2) is 39.0 Å². The van der Waals surface area contributed by atoms with Crippen molar-refractivity contribution in [2.24, 2.45) is 13.0 Å². The summed E-state index contributed by atoms with van der Waals surface area (Å²) in [6.45, 7) is 1.05. The lowest BCUT2D eigenvalue weighted by Gasteiger charge is -2.15. The molecular formula is C12H14ClF3N6OS. The third-order valence-electron chi connectivity index (χ3n) is 3.60. The molecule has 1 saturated heterocycles. The van der Waals surface area contributed by atoms with Crippen molar-refractivity contribution < 1.29 is 18.0 Å². The lowest BCUT2D eigenvalue weighted by molar-refractivity contribution is -0.138. The number of hydrogen-bond acceptors (Lipinski definition) is 6. The molecule has 0 spiro atoms. The number of halogens is 4. The molecule has 0 unspecified atom stereocenters. The van der Waals surface area contributed by atoms with Crippen LogP contribution in [0.4, 0.5) is 18.3 Å². The van der Waals surface area contributed by atoms with Gasteiger partial charge in [-0.1, -0.05) is 11.3 Å². The number of alkyl halides is 3. The minimum atomic E-state index is -4.56. The van der Waals surface area contributed by atoms with Gasteiger partial charge < -0.3 is 10.6 Å². The molecule has 24 heavy (non-hydrogen) atoms. The number of hydrogen-bond donors (Lipinski definition) is 2. The van der Waals surface area contributed by atoms with Crippen LogP contribution in [0.15, 0.2) is 12.4 Å². The summed E-state index contributed by atoms with van der Waals surface area (Å²) in [5, 5.41) is 14.8. The van der Waals surface area contributed by atoms with Crippen molar-refractivity contribution in [2.45, 2.75) is 12.1 Å². The third-order valence-corrected chi connectivity index (χ3v) is 4.49. The summed E-state index contributed by atoms with van der Waals surface area (Å²) >= 11 is 0.312. The SMILES string of the molecule is Cl.Cn1cc([C@H]2CNC[C@@H]2C(=O)Nc2nnc(C(F)(F)F)s2)cn1. The van der Waals surface area contributed by atoms with Gasteiger partial charge in [-0.05, 0) is 5.56 Å². The van der Waals surface area contributed by atoms with Crippen molar-refractivity contribution in [3.8, 4) is 0 Å². The van der Waals surface area contributed by atoms with Crippen molar-refractivity contribution >= 4 is 34.8 Å². The average molecular weight is 383 g/mol. The first-order chi connectivity index (χ1) is 10.8. The largest absolute Gasteiger partial charge is 0.445 e. The Morgan fingerprint density at radius 2 is 2.17 bits per heavy atom. The molecule has 0 radical (unpaired) electrons. The van der Waals surface area contributed by atoms with Gasteiger partial charge in [0.1, 0.15) is 0 Å². The molecule has 3 heterocycles. The lowest BCUT2D eigenvalue weighted by atomic mass is 9.90. The molecule has 1 amide bonds. The van der Waals surface area contributed by atoms with E-state index >= 15 is 0 Å². The van der Waals surface area contributed by atoms with Crippen LogP contribution >= 0.6 is 23.7 Å². The van der Waals surface area contributed by atoms with E-state index in [1.807, 2.05) is 6.20 Å². The molecule has 132 valence electrons. The van der Waals surface area contributed by atoms with E-state index in [0.717, 1.165) is 5.56 Å². The summed E-state index contributed by atoms with van der Waals surface area (Å²) in [6.07, 6.45) is -1.05. The molecule has 2 aromatic heterocycles. The summed E-state index contributed by atoms with van der Waals surface area (Å²) in [5.41, 5.74) is 0.908. The van der Waals surface area contributed by atoms with Gasteiger partial charge in [-0.2, -0.15) is 18.3 Å². The third kappa shape index (κ3) is 3.84. The van der Waals surface area contributed by atoms with E-state index in [1.165, 1.54) is 0 Å². The van der Waals surface area contributed by atoms with E-state index in [1.54, 1.807) is 17.9 Å². The van der Waals surface area contributed by atoms with Crippen LogP contribution in [0.25, 0.3) is 0 Å². The molecule has 0 aromatic carbocycles. The van der Waals surface area contributed by atoms with Gasteiger partial charge in [0, 0.05) is 32.3 Å². The van der Waals surface area contributed by atoms with Gasteiger partial charge in [0.2, 0.25) is 16.0 Å². The Kier molecular flexibility index (Phi) is 5.45. The van der Waals surface area contributed by atoms with Crippen LogP contribution in [0.3, 0.4) is 0 Å². The summed E-state index contributed by atoms with van der Waals surface area (Å²) in [6, 6.07) is 0. The van der Waals surface area contributed by atoms with Crippen molar-refractivity contribution in [2.75, 3.05) is 18.4 Å². The molecule has 1 aliphatic heterocycles. The topological polar surface area (TPSA) is 84.7 Å². The van der Waals surface area contributed by atoms with Gasteiger partial charge in [-0.3, -0.25) is 9.48 Å². The summed E-state index contributed by atoms with van der Waals surface area (Å²) in [5.74, 6) is -0.870. The van der Waals surface area contributed by atoms with Gasteiger partial charge >= 0.3 is 6.18 Å². The van der Waals surface area contributed by atoms with E-state index in [0.29, 0.717) is 24.4 Å². The van der Waals surface area contributed by atoms with Gasteiger partial charge in [0.25, 0.3) is 0 Å². The molecule has 2 atom stereocenters. The summed E-state index contributed by atoms with van der Waals surface area (Å²) in [7, 11) is 1.78. The number of rotatable bonds is 3. The number of aromatic nitrogens is 4. The van der Waals surface area contributed by atoms with Crippen LogP contribution < -0.4 is 10.6 Å². The Hall–Kier alpha value is -1.72. The second kappa shape index (κ2) is 7.03. The van der Waals surface area contributed by atoms with Gasteiger partial charge in [-0.25, -0.2) is 0 Å². The Morgan fingerprint density at radius 1 is 1.42 bits per heavy atom. The van der Waals surface area contributed by atoms with Crippen LogP contribution in [0.5, 0.6) is 0 Å². The molecule has 0 saturated carbocycles. The van der Waals surface area contributed by atoms with Gasteiger partial charge in [-0.15, -0.1) is 22.6 Å². The second-order valence-electron chi connectivity index (χ2n) is 5.22. The van der Waals surface area contributed by atoms with Crippen LogP contribution in [0, 0.1) is 5.92 Å². The highest BCUT2D eigenvalue weighted by Crippen LogP contribution is 2.34. The Bertz CT molecular complexity index is 718. The first kappa shape index (κ1) is 18.6. The van der Waals surface area contributed by atoms with E-state index in [4.69, 9.17) is 0 Å². The number of amides is 1. The average Bonchev–Trinajstić information content (AvgIpc) is 3.15. The molecule has 1 aliphatic rings. The van der Waals surface area contributed by atoms with E-state index in [9.17, 15) is 18.0 Å². The molecule has 0 aliphatic carbocycles. The fraction of sp³-hybridized carbons (Fsp3) is 0.500. The van der Waals surface area contributed by atoms with Crippen molar-refractivity contribution in [3.05, 3.63) is 23.0 Å². The monoisotopic (exact) mass is 382 g/mol. The molecule has 1 fully saturated rings. The molecule has 12 heteroatoms. The van der Waals surface area contributed by atoms with Crippen molar-refractivity contribution in [1.29, 1.82) is 0 Å². The van der Waals surface area contributed by atoms with Gasteiger partial charge in [0.15, 0.2) is 0 Å². The normalized spacial score (nSPS) is 20.7. The smallest absolute Gasteiger partial charge is 0.315 e. The Morgan fingerprint density at radius 3 is 2.75 bits per heavy atom. The van der Waals surface area contributed by atoms with Crippen LogP contribution in [-0.2, 0) is 18.0 Å². The highest BCUT2D eigenvalue weighted by molar-refractivity contribution is 7.15. The molecule has 2 aromatic rings. The van der Waals surface area contributed by atoms with E-state index in [-0.39, 0.29) is 29.4 Å². The summed E-state index contributed by atoms with van der Waals surface area (Å²) in [4.78, 5) is 12.3. The number of carbonyl (C=O) groups excluding carboxylic acids is 1. The second-order valence-corrected chi connectivity index (χ2v) is 6.20. The molecule has 0 bridgehead atoms. The van der Waals surface area contributed by atoms with Crippen molar-refractivity contribution in [3.63, 3.8) is 0 Å². The van der Waals surface area contributed by atoms with Crippen molar-refractivity contribution in [1.82, 2.24) is 25.3 Å². The molecular weight excluding hydrogens is 369 g/mol. The fourth-order valence-corrected chi connectivity index (χ4v) is 3.14. The predicted octanol–water partition coefficient (Wildman–Crippen LogP) is 1.65. The highest BCUT2D eigenvalue weighted by Gasteiger charge is 2.37. The molecule has 3 rings (SSSR count). The van der Waals surface area contributed by atoms with Crippen LogP contribution in [0.2, 0.25) is 0 Å². The standard InChI is InChI=1S/C12H13F3N6OS.ClH/c1-21-5-6(2-17-21)7-3-16-4-8(7)9(22)18-11-20-19-10(23-11)12(13,14)15;/h2,5,7-8,16H,3-4H2,1H3,(H,18,20,22);1H/t7-,8+;/m1./s1. The Labute approximate surface area is 145 Å². The number of nitrogens with zero attached hydrogens (tertiary/aromatic N) is 4. The first-order valence-corrected chi connectivity index (χ1v) is 7.57. The number of carbonyl (C=O) groups is 1. The van der Waals surface area contributed by atoms with E-state index in [2.05, 4.69) is 25.9 Å². The lowest BCUT2D eigenvalue weighted by Crippen LogP contribution is -2.28. The minimum Gasteiger partial charge on any atom is -0.315 e. The zero-order valence-electron chi connectivity index (χ0n) is 12.4. The minimum absolute atomic E-state index is 0. The number of aryl methyl sites for hydroxylation is 1. The molecule has 7 nitrogen and oxygen atoms in total. The zero-order valence-corrected chi connectivity index (χ0v) is 14.0. The zero-order chi connectivity index (χ0) is 16.6. The maximum absolute atomic E-state index is 12.5. The summed E-state index contributed by atoms with van der Waals surface area (Å²) < 4.78 is 39.1. The van der Waals surface area contributed by atoms with Crippen LogP contribution in [0.1, 0.15) is 16.5 Å². The first-order valence-electron chi connectivity index (χ1n) is 6.75. The maximum Gasteiger partial charge on any atom is 0.445 e. The predicted molar refractivity (Wildman–Crippen MR) is 83.1 cm³/mol. The van der Waals surface area contributed by atoms with E-state index < -0.39 is 17.1 Å². The highest BCUT2D eigenvalue weighted by atomic mass is 35.5. The molecule has 2 N–H and O–H groups in total. The Balaban J connectivity index is 0.00000208. The fourth-order valence-electron chi connectivity index (χ4n) is 2.52. The number of anilines is 1. The maximum atomic E-state index is 12.5. The van der Waals surface area contributed by atoms with Gasteiger partial charge in [0.05, 0.1) is 12.1 Å². The quantitative estimate of drug-likeness (QED) is 0.843.